The molecule has 0 fully saturated rings. The summed E-state index contributed by atoms with van der Waals surface area (Å²) in [6, 6.07) is 0. The summed E-state index contributed by atoms with van der Waals surface area (Å²) in [5.41, 5.74) is -0.438. The highest BCUT2D eigenvalue weighted by molar-refractivity contribution is 6.33. The van der Waals surface area contributed by atoms with Gasteiger partial charge in [-0.15, -0.1) is 0 Å². The molecule has 18 heavy (non-hydrogen) atoms. The first-order chi connectivity index (χ1) is 8.19. The van der Waals surface area contributed by atoms with E-state index in [9.17, 15) is 14.4 Å². The predicted octanol–water partition coefficient (Wildman–Crippen LogP) is 0.862. The van der Waals surface area contributed by atoms with Crippen molar-refractivity contribution in [2.24, 2.45) is 0 Å². The van der Waals surface area contributed by atoms with Crippen LogP contribution in [0.25, 0.3) is 0 Å². The maximum Gasteiger partial charge on any atom is 0.419 e. The Morgan fingerprint density at radius 2 is 2.00 bits per heavy atom. The average Bonchev–Trinajstić information content (AvgIpc) is 2.63. The number of carbonyl (C=O) groups excluding carboxylic acids is 2. The van der Waals surface area contributed by atoms with Gasteiger partial charge in [0.05, 0.1) is 12.1 Å². The van der Waals surface area contributed by atoms with Gasteiger partial charge in [-0.3, -0.25) is 4.79 Å². The van der Waals surface area contributed by atoms with E-state index in [-0.39, 0.29) is 12.1 Å². The molecule has 1 heterocycles. The number of aromatic nitrogens is 2. The van der Waals surface area contributed by atoms with Gasteiger partial charge in [-0.1, -0.05) is 0 Å². The number of imidazole rings is 1. The third-order valence-corrected chi connectivity index (χ3v) is 1.82. The molecule has 1 aromatic rings. The van der Waals surface area contributed by atoms with Crippen LogP contribution in [-0.2, 0) is 20.7 Å². The normalized spacial score (nSPS) is 11.1. The van der Waals surface area contributed by atoms with Gasteiger partial charge in [-0.25, -0.2) is 19.1 Å². The number of ether oxygens (including phenoxy) is 1. The molecule has 1 aromatic heterocycles. The zero-order chi connectivity index (χ0) is 13.9. The topological polar surface area (TPSA) is 98.5 Å². The molecular weight excluding hydrogens is 240 g/mol. The first kappa shape index (κ1) is 13.9. The Balaban J connectivity index is 2.72. The van der Waals surface area contributed by atoms with E-state index in [0.717, 1.165) is 4.57 Å². The SMILES string of the molecule is CC(C)(C)OC(=O)n1cnc(CC(=O)C(=O)O)c1. The van der Waals surface area contributed by atoms with Crippen molar-refractivity contribution in [3.8, 4) is 0 Å². The molecular formula is C11H14N2O5. The van der Waals surface area contributed by atoms with Crippen LogP contribution in [0.5, 0.6) is 0 Å². The number of carboxylic acid groups (broad SMARTS) is 1. The van der Waals surface area contributed by atoms with Gasteiger partial charge in [0, 0.05) is 6.20 Å². The Labute approximate surface area is 103 Å². The monoisotopic (exact) mass is 254 g/mol. The van der Waals surface area contributed by atoms with E-state index in [1.807, 2.05) is 0 Å². The van der Waals surface area contributed by atoms with Crippen LogP contribution in [0.1, 0.15) is 26.5 Å². The fourth-order valence-electron chi connectivity index (χ4n) is 1.11. The minimum atomic E-state index is -1.53. The lowest BCUT2D eigenvalue weighted by molar-refractivity contribution is -0.148. The number of nitrogens with zero attached hydrogens (tertiary/aromatic N) is 2. The van der Waals surface area contributed by atoms with E-state index in [0.29, 0.717) is 0 Å². The van der Waals surface area contributed by atoms with Gasteiger partial charge < -0.3 is 9.84 Å². The number of Topliss-reactive ketones (excluding diaryl/α,β-unsaturated/α-hetero) is 1. The van der Waals surface area contributed by atoms with Crippen LogP contribution in [0.15, 0.2) is 12.5 Å². The smallest absolute Gasteiger partial charge is 0.419 e. The largest absolute Gasteiger partial charge is 0.475 e. The van der Waals surface area contributed by atoms with E-state index in [1.165, 1.54) is 12.5 Å². The van der Waals surface area contributed by atoms with Gasteiger partial charge in [0.15, 0.2) is 0 Å². The van der Waals surface area contributed by atoms with Crippen molar-refractivity contribution < 1.29 is 24.2 Å². The highest BCUT2D eigenvalue weighted by Crippen LogP contribution is 2.09. The molecule has 0 atom stereocenters. The third kappa shape index (κ3) is 4.00. The van der Waals surface area contributed by atoms with Crippen molar-refractivity contribution in [2.45, 2.75) is 32.8 Å². The fraction of sp³-hybridized carbons (Fsp3) is 0.455. The van der Waals surface area contributed by atoms with Crippen molar-refractivity contribution in [1.82, 2.24) is 9.55 Å². The van der Waals surface area contributed by atoms with Gasteiger partial charge in [0.2, 0.25) is 5.78 Å². The number of carboxylic acids is 1. The molecule has 98 valence electrons. The van der Waals surface area contributed by atoms with E-state index >= 15 is 0 Å². The molecule has 0 aliphatic rings. The molecule has 0 radical (unpaired) electrons. The molecule has 7 heteroatoms. The van der Waals surface area contributed by atoms with E-state index < -0.39 is 23.4 Å². The molecule has 0 aliphatic carbocycles. The molecule has 0 aromatic carbocycles. The van der Waals surface area contributed by atoms with Gasteiger partial charge in [-0.2, -0.15) is 0 Å². The van der Waals surface area contributed by atoms with Crippen molar-refractivity contribution in [2.75, 3.05) is 0 Å². The fourth-order valence-corrected chi connectivity index (χ4v) is 1.11. The van der Waals surface area contributed by atoms with Gasteiger partial charge in [0.1, 0.15) is 11.9 Å². The Bertz CT molecular complexity index is 484. The van der Waals surface area contributed by atoms with Gasteiger partial charge >= 0.3 is 12.1 Å². The van der Waals surface area contributed by atoms with Gasteiger partial charge in [0.25, 0.3) is 0 Å². The number of aliphatic carboxylic acids is 1. The maximum atomic E-state index is 11.6. The highest BCUT2D eigenvalue weighted by atomic mass is 16.6. The summed E-state index contributed by atoms with van der Waals surface area (Å²) in [7, 11) is 0. The summed E-state index contributed by atoms with van der Waals surface area (Å²) in [6.45, 7) is 5.16. The molecule has 0 saturated carbocycles. The molecule has 0 spiro atoms. The number of ketones is 1. The summed E-state index contributed by atoms with van der Waals surface area (Å²) in [4.78, 5) is 36.7. The number of carbonyl (C=O) groups is 3. The minimum Gasteiger partial charge on any atom is -0.475 e. The van der Waals surface area contributed by atoms with Crippen LogP contribution in [0.3, 0.4) is 0 Å². The maximum absolute atomic E-state index is 11.6. The van der Waals surface area contributed by atoms with Crippen molar-refractivity contribution in [3.63, 3.8) is 0 Å². The molecule has 1 N–H and O–H groups in total. The van der Waals surface area contributed by atoms with Crippen LogP contribution in [0.2, 0.25) is 0 Å². The quantitative estimate of drug-likeness (QED) is 0.803. The van der Waals surface area contributed by atoms with Crippen LogP contribution in [0, 0.1) is 0 Å². The Kier molecular flexibility index (Phi) is 3.85. The van der Waals surface area contributed by atoms with Crippen molar-refractivity contribution in [1.29, 1.82) is 0 Å². The second-order valence-electron chi connectivity index (χ2n) is 4.66. The number of rotatable bonds is 3. The molecule has 0 amide bonds. The zero-order valence-electron chi connectivity index (χ0n) is 10.3. The van der Waals surface area contributed by atoms with Crippen LogP contribution in [0.4, 0.5) is 4.79 Å². The second-order valence-corrected chi connectivity index (χ2v) is 4.66. The van der Waals surface area contributed by atoms with Crippen molar-refractivity contribution in [3.05, 3.63) is 18.2 Å². The van der Waals surface area contributed by atoms with E-state index in [4.69, 9.17) is 9.84 Å². The molecule has 0 saturated heterocycles. The predicted molar refractivity (Wildman–Crippen MR) is 60.2 cm³/mol. The number of hydrogen-bond acceptors (Lipinski definition) is 5. The van der Waals surface area contributed by atoms with Crippen LogP contribution in [-0.4, -0.2) is 38.1 Å². The summed E-state index contributed by atoms with van der Waals surface area (Å²) in [5, 5.41) is 8.44. The lowest BCUT2D eigenvalue weighted by Gasteiger charge is -2.19. The van der Waals surface area contributed by atoms with Gasteiger partial charge in [-0.05, 0) is 20.8 Å². The Morgan fingerprint density at radius 3 is 2.50 bits per heavy atom. The zero-order valence-corrected chi connectivity index (χ0v) is 10.3. The first-order valence-electron chi connectivity index (χ1n) is 5.21. The first-order valence-corrected chi connectivity index (χ1v) is 5.21. The Morgan fingerprint density at radius 1 is 1.39 bits per heavy atom. The molecule has 0 bridgehead atoms. The van der Waals surface area contributed by atoms with Crippen molar-refractivity contribution >= 4 is 17.8 Å². The molecule has 0 unspecified atom stereocenters. The Hall–Kier alpha value is -2.18. The standard InChI is InChI=1S/C11H14N2O5/c1-11(2,3)18-10(17)13-5-7(12-6-13)4-8(14)9(15)16/h5-6H,4H2,1-3H3,(H,15,16). The van der Waals surface area contributed by atoms with E-state index in [1.54, 1.807) is 20.8 Å². The molecule has 7 nitrogen and oxygen atoms in total. The van der Waals surface area contributed by atoms with Crippen LogP contribution < -0.4 is 0 Å². The van der Waals surface area contributed by atoms with Crippen LogP contribution >= 0.6 is 0 Å². The lowest BCUT2D eigenvalue weighted by Crippen LogP contribution is -2.26. The summed E-state index contributed by atoms with van der Waals surface area (Å²) >= 11 is 0. The highest BCUT2D eigenvalue weighted by Gasteiger charge is 2.19. The summed E-state index contributed by atoms with van der Waals surface area (Å²) in [5.74, 6) is -2.51. The molecule has 1 rings (SSSR count). The average molecular weight is 254 g/mol. The summed E-state index contributed by atoms with van der Waals surface area (Å²) < 4.78 is 6.14. The minimum absolute atomic E-state index is 0.202. The second kappa shape index (κ2) is 4.99. The number of hydrogen-bond donors (Lipinski definition) is 1. The van der Waals surface area contributed by atoms with E-state index in [2.05, 4.69) is 4.98 Å². The third-order valence-electron chi connectivity index (χ3n) is 1.82. The lowest BCUT2D eigenvalue weighted by atomic mass is 10.2. The molecule has 0 aliphatic heterocycles. The summed E-state index contributed by atoms with van der Waals surface area (Å²) in [6.07, 6.45) is 1.46.